The van der Waals surface area contributed by atoms with Crippen molar-refractivity contribution in [3.8, 4) is 0 Å². The molecular formula is C25H32ClN3O3. The molecule has 2 N–H and O–H groups in total. The van der Waals surface area contributed by atoms with E-state index in [2.05, 4.69) is 27.7 Å². The maximum atomic E-state index is 12.9. The van der Waals surface area contributed by atoms with Crippen LogP contribution in [-0.2, 0) is 22.6 Å². The lowest BCUT2D eigenvalue weighted by Gasteiger charge is -2.26. The van der Waals surface area contributed by atoms with Crippen molar-refractivity contribution in [2.45, 2.75) is 39.4 Å². The van der Waals surface area contributed by atoms with Gasteiger partial charge >= 0.3 is 0 Å². The second kappa shape index (κ2) is 12.0. The zero-order valence-electron chi connectivity index (χ0n) is 18.8. The van der Waals surface area contributed by atoms with Gasteiger partial charge in [-0.15, -0.1) is 0 Å². The van der Waals surface area contributed by atoms with E-state index >= 15 is 0 Å². The summed E-state index contributed by atoms with van der Waals surface area (Å²) in [5, 5.41) is 6.43. The average Bonchev–Trinajstić information content (AvgIpc) is 2.78. The van der Waals surface area contributed by atoms with Crippen LogP contribution in [0.4, 0.5) is 0 Å². The number of nitrogens with one attached hydrogen (secondary N) is 2. The predicted molar refractivity (Wildman–Crippen MR) is 127 cm³/mol. The van der Waals surface area contributed by atoms with Gasteiger partial charge in [0.05, 0.1) is 13.2 Å². The summed E-state index contributed by atoms with van der Waals surface area (Å²) in [6, 6.07) is 14.3. The molecule has 172 valence electrons. The highest BCUT2D eigenvalue weighted by Gasteiger charge is 2.22. The van der Waals surface area contributed by atoms with Gasteiger partial charge in [0.25, 0.3) is 5.91 Å². The van der Waals surface area contributed by atoms with Gasteiger partial charge in [-0.25, -0.2) is 0 Å². The van der Waals surface area contributed by atoms with Crippen molar-refractivity contribution in [1.82, 2.24) is 15.5 Å². The summed E-state index contributed by atoms with van der Waals surface area (Å²) >= 11 is 5.90. The Morgan fingerprint density at radius 1 is 1.06 bits per heavy atom. The molecule has 2 aromatic rings. The van der Waals surface area contributed by atoms with E-state index in [1.807, 2.05) is 26.0 Å². The number of carbonyl (C=O) groups is 2. The van der Waals surface area contributed by atoms with E-state index in [1.54, 1.807) is 24.3 Å². The standard InChI is InChI=1S/C25H32ClN3O3/c1-18(2)14-23(28-24(30)21-6-8-22(26)9-7-21)25(31)27-16-19-4-3-5-20(15-19)17-29-10-12-32-13-11-29/h3-9,15,18,23H,10-14,16-17H2,1-2H3,(H,27,31)(H,28,30). The van der Waals surface area contributed by atoms with E-state index in [4.69, 9.17) is 16.3 Å². The van der Waals surface area contributed by atoms with Gasteiger partial charge in [0.1, 0.15) is 6.04 Å². The first-order valence-corrected chi connectivity index (χ1v) is 11.5. The highest BCUT2D eigenvalue weighted by molar-refractivity contribution is 6.30. The van der Waals surface area contributed by atoms with Gasteiger partial charge in [-0.05, 0) is 47.7 Å². The lowest BCUT2D eigenvalue weighted by Crippen LogP contribution is -2.47. The van der Waals surface area contributed by atoms with E-state index in [0.29, 0.717) is 23.6 Å². The molecule has 1 atom stereocenters. The van der Waals surface area contributed by atoms with Crippen molar-refractivity contribution >= 4 is 23.4 Å². The number of benzene rings is 2. The van der Waals surface area contributed by atoms with Gasteiger partial charge in [0.2, 0.25) is 5.91 Å². The molecule has 3 rings (SSSR count). The molecule has 6 nitrogen and oxygen atoms in total. The summed E-state index contributed by atoms with van der Waals surface area (Å²) in [5.41, 5.74) is 2.73. The molecular weight excluding hydrogens is 426 g/mol. The van der Waals surface area contributed by atoms with Gasteiger partial charge < -0.3 is 15.4 Å². The molecule has 2 amide bonds. The van der Waals surface area contributed by atoms with Gasteiger partial charge in [-0.3, -0.25) is 14.5 Å². The predicted octanol–water partition coefficient (Wildman–Crippen LogP) is 3.63. The highest BCUT2D eigenvalue weighted by Crippen LogP contribution is 2.13. The van der Waals surface area contributed by atoms with E-state index in [9.17, 15) is 9.59 Å². The number of carbonyl (C=O) groups excluding carboxylic acids is 2. The third kappa shape index (κ3) is 7.62. The van der Waals surface area contributed by atoms with Crippen LogP contribution in [0.5, 0.6) is 0 Å². The SMILES string of the molecule is CC(C)CC(NC(=O)c1ccc(Cl)cc1)C(=O)NCc1cccc(CN2CCOCC2)c1. The van der Waals surface area contributed by atoms with Gasteiger partial charge in [-0.2, -0.15) is 0 Å². The van der Waals surface area contributed by atoms with Crippen LogP contribution in [0.1, 0.15) is 41.8 Å². The Labute approximate surface area is 195 Å². The second-order valence-electron chi connectivity index (χ2n) is 8.59. The molecule has 1 saturated heterocycles. The Morgan fingerprint density at radius 3 is 2.44 bits per heavy atom. The summed E-state index contributed by atoms with van der Waals surface area (Å²) in [4.78, 5) is 27.9. The first-order valence-electron chi connectivity index (χ1n) is 11.1. The quantitative estimate of drug-likeness (QED) is 0.603. The highest BCUT2D eigenvalue weighted by atomic mass is 35.5. The molecule has 1 fully saturated rings. The maximum absolute atomic E-state index is 12.9. The fourth-order valence-electron chi connectivity index (χ4n) is 3.71. The van der Waals surface area contributed by atoms with Crippen molar-refractivity contribution in [3.05, 3.63) is 70.2 Å². The number of hydrogen-bond acceptors (Lipinski definition) is 4. The Morgan fingerprint density at radius 2 is 1.75 bits per heavy atom. The van der Waals surface area contributed by atoms with Crippen LogP contribution in [0.25, 0.3) is 0 Å². The third-order valence-corrected chi connectivity index (χ3v) is 5.66. The number of nitrogens with zero attached hydrogens (tertiary/aromatic N) is 1. The fraction of sp³-hybridized carbons (Fsp3) is 0.440. The van der Waals surface area contributed by atoms with Crippen LogP contribution < -0.4 is 10.6 Å². The molecule has 1 unspecified atom stereocenters. The van der Waals surface area contributed by atoms with Crippen LogP contribution >= 0.6 is 11.6 Å². The average molecular weight is 458 g/mol. The molecule has 7 heteroatoms. The van der Waals surface area contributed by atoms with E-state index in [-0.39, 0.29) is 17.7 Å². The van der Waals surface area contributed by atoms with Crippen LogP contribution in [0.2, 0.25) is 5.02 Å². The van der Waals surface area contributed by atoms with E-state index < -0.39 is 6.04 Å². The number of morpholine rings is 1. The summed E-state index contributed by atoms with van der Waals surface area (Å²) in [6.45, 7) is 8.77. The number of hydrogen-bond donors (Lipinski definition) is 2. The molecule has 2 aromatic carbocycles. The number of amides is 2. The van der Waals surface area contributed by atoms with Crippen molar-refractivity contribution in [1.29, 1.82) is 0 Å². The smallest absolute Gasteiger partial charge is 0.251 e. The van der Waals surface area contributed by atoms with Crippen LogP contribution in [0, 0.1) is 5.92 Å². The van der Waals surface area contributed by atoms with E-state index in [0.717, 1.165) is 38.4 Å². The Bertz CT molecular complexity index is 896. The van der Waals surface area contributed by atoms with Crippen LogP contribution in [0.3, 0.4) is 0 Å². The van der Waals surface area contributed by atoms with Crippen molar-refractivity contribution < 1.29 is 14.3 Å². The minimum absolute atomic E-state index is 0.181. The number of ether oxygens (including phenoxy) is 1. The first kappa shape index (κ1) is 24.2. The zero-order valence-corrected chi connectivity index (χ0v) is 19.5. The van der Waals surface area contributed by atoms with Gasteiger partial charge in [0.15, 0.2) is 0 Å². The fourth-order valence-corrected chi connectivity index (χ4v) is 3.84. The molecule has 1 heterocycles. The Balaban J connectivity index is 1.58. The minimum atomic E-state index is -0.602. The monoisotopic (exact) mass is 457 g/mol. The molecule has 1 aliphatic heterocycles. The van der Waals surface area contributed by atoms with Crippen LogP contribution in [0.15, 0.2) is 48.5 Å². The van der Waals surface area contributed by atoms with Crippen molar-refractivity contribution in [3.63, 3.8) is 0 Å². The molecule has 0 bridgehead atoms. The zero-order chi connectivity index (χ0) is 22.9. The summed E-state index contributed by atoms with van der Waals surface area (Å²) < 4.78 is 5.41. The maximum Gasteiger partial charge on any atom is 0.251 e. The summed E-state index contributed by atoms with van der Waals surface area (Å²) in [5.74, 6) is -0.206. The second-order valence-corrected chi connectivity index (χ2v) is 9.03. The normalized spacial score (nSPS) is 15.4. The van der Waals surface area contributed by atoms with Crippen molar-refractivity contribution in [2.24, 2.45) is 5.92 Å². The van der Waals surface area contributed by atoms with Gasteiger partial charge in [0, 0.05) is 36.8 Å². The third-order valence-electron chi connectivity index (χ3n) is 5.40. The molecule has 0 spiro atoms. The number of halogens is 1. The topological polar surface area (TPSA) is 70.7 Å². The molecule has 0 aromatic heterocycles. The van der Waals surface area contributed by atoms with Crippen molar-refractivity contribution in [2.75, 3.05) is 26.3 Å². The molecule has 32 heavy (non-hydrogen) atoms. The largest absolute Gasteiger partial charge is 0.379 e. The van der Waals surface area contributed by atoms with Crippen LogP contribution in [-0.4, -0.2) is 49.1 Å². The minimum Gasteiger partial charge on any atom is -0.379 e. The lowest BCUT2D eigenvalue weighted by molar-refractivity contribution is -0.123. The molecule has 0 saturated carbocycles. The lowest BCUT2D eigenvalue weighted by atomic mass is 10.0. The molecule has 0 aliphatic carbocycles. The molecule has 1 aliphatic rings. The Hall–Kier alpha value is -2.41. The number of rotatable bonds is 9. The molecule has 0 radical (unpaired) electrons. The van der Waals surface area contributed by atoms with Gasteiger partial charge in [-0.1, -0.05) is 49.7 Å². The first-order chi connectivity index (χ1) is 15.4. The summed E-state index contributed by atoms with van der Waals surface area (Å²) in [7, 11) is 0. The van der Waals surface area contributed by atoms with E-state index in [1.165, 1.54) is 5.56 Å². The summed E-state index contributed by atoms with van der Waals surface area (Å²) in [6.07, 6.45) is 0.558. The Kier molecular flexibility index (Phi) is 9.09.